The topological polar surface area (TPSA) is 76.1 Å². The molecule has 21 heavy (non-hydrogen) atoms. The highest BCUT2D eigenvalue weighted by molar-refractivity contribution is 5.45. The van der Waals surface area contributed by atoms with Gasteiger partial charge in [-0.15, -0.1) is 0 Å². The zero-order valence-electron chi connectivity index (χ0n) is 13.5. The molecule has 120 valence electrons. The largest absolute Gasteiger partial charge is 0.364 e. The van der Waals surface area contributed by atoms with Crippen LogP contribution in [0.15, 0.2) is 0 Å². The van der Waals surface area contributed by atoms with Crippen LogP contribution in [0.2, 0.25) is 0 Å². The molecular formula is C12H24N6O3. The Bertz CT molecular complexity index is 359. The van der Waals surface area contributed by atoms with E-state index in [-0.39, 0.29) is 0 Å². The molecule has 0 saturated carbocycles. The molecule has 0 spiro atoms. The van der Waals surface area contributed by atoms with Crippen LogP contribution in [0.1, 0.15) is 0 Å². The molecule has 0 bridgehead atoms. The van der Waals surface area contributed by atoms with Crippen LogP contribution >= 0.6 is 0 Å². The van der Waals surface area contributed by atoms with Crippen LogP contribution in [-0.2, 0) is 14.2 Å². The number of ether oxygens (including phenoxy) is 3. The molecule has 0 fully saturated rings. The summed E-state index contributed by atoms with van der Waals surface area (Å²) in [4.78, 5) is 18.6. The first-order chi connectivity index (χ1) is 10.0. The van der Waals surface area contributed by atoms with E-state index in [1.54, 1.807) is 36.0 Å². The third kappa shape index (κ3) is 4.96. The van der Waals surface area contributed by atoms with Crippen LogP contribution in [0.25, 0.3) is 0 Å². The molecule has 0 unspecified atom stereocenters. The molecule has 9 heteroatoms. The minimum Gasteiger partial charge on any atom is -0.364 e. The number of anilines is 3. The predicted molar refractivity (Wildman–Crippen MR) is 80.7 cm³/mol. The van der Waals surface area contributed by atoms with Crippen molar-refractivity contribution in [3.05, 3.63) is 0 Å². The summed E-state index contributed by atoms with van der Waals surface area (Å²) >= 11 is 0. The second-order valence-corrected chi connectivity index (χ2v) is 4.58. The van der Waals surface area contributed by atoms with Gasteiger partial charge < -0.3 is 28.9 Å². The van der Waals surface area contributed by atoms with Crippen molar-refractivity contribution in [2.75, 3.05) is 77.4 Å². The fourth-order valence-electron chi connectivity index (χ4n) is 1.61. The van der Waals surface area contributed by atoms with Gasteiger partial charge in [-0.25, -0.2) is 0 Å². The molecule has 9 nitrogen and oxygen atoms in total. The highest BCUT2D eigenvalue weighted by Gasteiger charge is 2.15. The van der Waals surface area contributed by atoms with Crippen molar-refractivity contribution in [2.45, 2.75) is 0 Å². The molecule has 0 aliphatic carbocycles. The monoisotopic (exact) mass is 300 g/mol. The average molecular weight is 300 g/mol. The van der Waals surface area contributed by atoms with Gasteiger partial charge in [-0.2, -0.15) is 15.0 Å². The smallest absolute Gasteiger partial charge is 0.233 e. The quantitative estimate of drug-likeness (QED) is 0.585. The Hall–Kier alpha value is -1.71. The van der Waals surface area contributed by atoms with E-state index >= 15 is 0 Å². The molecule has 1 rings (SSSR count). The number of hydrogen-bond acceptors (Lipinski definition) is 9. The maximum Gasteiger partial charge on any atom is 0.233 e. The van der Waals surface area contributed by atoms with Crippen molar-refractivity contribution in [3.63, 3.8) is 0 Å². The number of methoxy groups -OCH3 is 3. The van der Waals surface area contributed by atoms with Crippen molar-refractivity contribution < 1.29 is 14.2 Å². The minimum absolute atomic E-state index is 0.380. The van der Waals surface area contributed by atoms with Crippen molar-refractivity contribution in [2.24, 2.45) is 0 Å². The van der Waals surface area contributed by atoms with Crippen LogP contribution in [0, 0.1) is 0 Å². The van der Waals surface area contributed by atoms with Gasteiger partial charge in [0.05, 0.1) is 0 Å². The van der Waals surface area contributed by atoms with Gasteiger partial charge in [0.15, 0.2) is 0 Å². The van der Waals surface area contributed by atoms with E-state index < -0.39 is 0 Å². The van der Waals surface area contributed by atoms with E-state index in [4.69, 9.17) is 14.2 Å². The molecule has 0 aromatic carbocycles. The summed E-state index contributed by atoms with van der Waals surface area (Å²) in [5.74, 6) is 1.55. The lowest BCUT2D eigenvalue weighted by atomic mass is 10.6. The summed E-state index contributed by atoms with van der Waals surface area (Å²) in [7, 11) is 10.4. The summed E-state index contributed by atoms with van der Waals surface area (Å²) in [6, 6.07) is 0. The SMILES string of the molecule is COCN(C)c1nc(N(C)COC)nc(N(C)COC)n1. The van der Waals surface area contributed by atoms with Gasteiger partial charge in [0, 0.05) is 42.5 Å². The van der Waals surface area contributed by atoms with Crippen molar-refractivity contribution >= 4 is 17.8 Å². The second-order valence-electron chi connectivity index (χ2n) is 4.58. The van der Waals surface area contributed by atoms with Gasteiger partial charge in [0.25, 0.3) is 0 Å². The van der Waals surface area contributed by atoms with Gasteiger partial charge in [-0.1, -0.05) is 0 Å². The molecule has 0 aliphatic heterocycles. The van der Waals surface area contributed by atoms with Crippen molar-refractivity contribution in [3.8, 4) is 0 Å². The van der Waals surface area contributed by atoms with Gasteiger partial charge in [0.1, 0.15) is 20.2 Å². The molecule has 0 saturated heterocycles. The first kappa shape index (κ1) is 17.3. The number of aromatic nitrogens is 3. The van der Waals surface area contributed by atoms with Crippen molar-refractivity contribution in [1.29, 1.82) is 0 Å². The zero-order valence-corrected chi connectivity index (χ0v) is 13.5. The van der Waals surface area contributed by atoms with Crippen LogP contribution in [0.3, 0.4) is 0 Å². The maximum absolute atomic E-state index is 5.10. The van der Waals surface area contributed by atoms with Gasteiger partial charge in [0.2, 0.25) is 17.8 Å². The average Bonchev–Trinajstić information content (AvgIpc) is 2.47. The lowest BCUT2D eigenvalue weighted by Crippen LogP contribution is -2.29. The van der Waals surface area contributed by atoms with Gasteiger partial charge >= 0.3 is 0 Å². The Balaban J connectivity index is 3.12. The molecule has 0 amide bonds. The van der Waals surface area contributed by atoms with E-state index in [0.717, 1.165) is 0 Å². The normalized spacial score (nSPS) is 10.6. The Morgan fingerprint density at radius 2 is 0.857 bits per heavy atom. The molecule has 0 atom stereocenters. The maximum atomic E-state index is 5.10. The summed E-state index contributed by atoms with van der Waals surface area (Å²) in [5, 5.41) is 0. The third-order valence-corrected chi connectivity index (χ3v) is 2.59. The first-order valence-corrected chi connectivity index (χ1v) is 6.39. The number of nitrogens with zero attached hydrogens (tertiary/aromatic N) is 6. The van der Waals surface area contributed by atoms with Crippen LogP contribution in [0.4, 0.5) is 17.8 Å². The fourth-order valence-corrected chi connectivity index (χ4v) is 1.61. The Labute approximate surface area is 125 Å². The van der Waals surface area contributed by atoms with Crippen LogP contribution in [0.5, 0.6) is 0 Å². The fraction of sp³-hybridized carbons (Fsp3) is 0.750. The molecule has 0 radical (unpaired) electrons. The molecular weight excluding hydrogens is 276 g/mol. The Morgan fingerprint density at radius 3 is 1.05 bits per heavy atom. The lowest BCUT2D eigenvalue weighted by molar-refractivity contribution is 0.197. The molecule has 0 N–H and O–H groups in total. The number of rotatable bonds is 9. The Morgan fingerprint density at radius 1 is 0.619 bits per heavy atom. The second kappa shape index (κ2) is 8.55. The lowest BCUT2D eigenvalue weighted by Gasteiger charge is -2.23. The molecule has 1 aromatic heterocycles. The summed E-state index contributed by atoms with van der Waals surface area (Å²) < 4.78 is 15.3. The molecule has 1 heterocycles. The van der Waals surface area contributed by atoms with E-state index in [1.807, 2.05) is 21.1 Å². The highest BCUT2D eigenvalue weighted by atomic mass is 16.5. The molecule has 0 aliphatic rings. The Kier molecular flexibility index (Phi) is 7.06. The predicted octanol–water partition coefficient (Wildman–Crippen LogP) is -0.00810. The van der Waals surface area contributed by atoms with E-state index in [9.17, 15) is 0 Å². The minimum atomic E-state index is 0.380. The highest BCUT2D eigenvalue weighted by Crippen LogP contribution is 2.17. The van der Waals surface area contributed by atoms with Crippen LogP contribution < -0.4 is 14.7 Å². The van der Waals surface area contributed by atoms with E-state index in [1.165, 1.54) is 0 Å². The van der Waals surface area contributed by atoms with Crippen LogP contribution in [-0.4, -0.2) is 77.6 Å². The molecule has 1 aromatic rings. The first-order valence-electron chi connectivity index (χ1n) is 6.39. The standard InChI is InChI=1S/C12H24N6O3/c1-16(7-19-4)10-13-11(17(2)8-20-5)15-12(14-10)18(3)9-21-6/h7-9H2,1-6H3. The summed E-state index contributed by atoms with van der Waals surface area (Å²) in [5.41, 5.74) is 0. The van der Waals surface area contributed by atoms with Gasteiger partial charge in [-0.05, 0) is 0 Å². The zero-order chi connectivity index (χ0) is 15.8. The number of hydrogen-bond donors (Lipinski definition) is 0. The van der Waals surface area contributed by atoms with E-state index in [0.29, 0.717) is 38.0 Å². The van der Waals surface area contributed by atoms with Crippen molar-refractivity contribution in [1.82, 2.24) is 15.0 Å². The summed E-state index contributed by atoms with van der Waals surface area (Å²) in [6.45, 7) is 1.14. The third-order valence-electron chi connectivity index (χ3n) is 2.59. The summed E-state index contributed by atoms with van der Waals surface area (Å²) in [6.07, 6.45) is 0. The van der Waals surface area contributed by atoms with Gasteiger partial charge in [-0.3, -0.25) is 0 Å². The van der Waals surface area contributed by atoms with E-state index in [2.05, 4.69) is 15.0 Å².